The summed E-state index contributed by atoms with van der Waals surface area (Å²) < 4.78 is 12.3. The van der Waals surface area contributed by atoms with Crippen molar-refractivity contribution in [3.63, 3.8) is 0 Å². The molecule has 2 heterocycles. The smallest absolute Gasteiger partial charge is 0.528 e. The summed E-state index contributed by atoms with van der Waals surface area (Å²) in [4.78, 5) is 22.7. The van der Waals surface area contributed by atoms with Crippen LogP contribution in [0, 0.1) is 12.8 Å². The molecule has 0 unspecified atom stereocenters. The van der Waals surface area contributed by atoms with Crippen LogP contribution in [-0.4, -0.2) is 26.3 Å². The Morgan fingerprint density at radius 1 is 0.952 bits per heavy atom. The number of hydrogen-bond acceptors (Lipinski definition) is 7. The van der Waals surface area contributed by atoms with Crippen LogP contribution >= 0.6 is 0 Å². The van der Waals surface area contributed by atoms with Crippen LogP contribution in [0.2, 0.25) is 0 Å². The maximum Gasteiger partial charge on any atom is 1.00 e. The fourth-order valence-corrected chi connectivity index (χ4v) is 5.06. The van der Waals surface area contributed by atoms with Crippen LogP contribution in [0.3, 0.4) is 0 Å². The van der Waals surface area contributed by atoms with Crippen LogP contribution in [0.25, 0.3) is 33.6 Å². The quantitative estimate of drug-likeness (QED) is 0.232. The van der Waals surface area contributed by atoms with Crippen molar-refractivity contribution >= 4 is 0 Å². The van der Waals surface area contributed by atoms with Crippen LogP contribution in [0.4, 0.5) is 0 Å². The molecule has 5 aromatic rings. The van der Waals surface area contributed by atoms with Gasteiger partial charge in [-0.15, -0.1) is 0 Å². The van der Waals surface area contributed by atoms with Gasteiger partial charge in [-0.25, -0.2) is 9.97 Å². The van der Waals surface area contributed by atoms with Crippen molar-refractivity contribution in [2.75, 3.05) is 6.61 Å². The van der Waals surface area contributed by atoms with E-state index in [9.17, 15) is 9.90 Å². The van der Waals surface area contributed by atoms with Crippen molar-refractivity contribution in [2.45, 2.75) is 46.1 Å². The van der Waals surface area contributed by atoms with Crippen molar-refractivity contribution in [1.29, 1.82) is 0 Å². The Balaban J connectivity index is 0.00000353. The van der Waals surface area contributed by atoms with E-state index in [1.807, 2.05) is 79.7 Å². The molecule has 208 valence electrons. The molecule has 3 aromatic carbocycles. The van der Waals surface area contributed by atoms with Crippen LogP contribution in [-0.2, 0) is 13.0 Å². The number of aromatic nitrogens is 4. The number of benzene rings is 3. The molecule has 8 nitrogen and oxygen atoms in total. The Morgan fingerprint density at radius 3 is 2.29 bits per heavy atom. The SMILES string of the molecule is CCCc1nc(C)c(-c2ccc(OCC3CC3)cc2)c(=O)n1Cc1ccc(-c2ccccc2-c2noc([O-])n2)cc1.[K+]. The van der Waals surface area contributed by atoms with Crippen molar-refractivity contribution in [1.82, 2.24) is 19.7 Å². The molecule has 1 saturated carbocycles. The predicted molar refractivity (Wildman–Crippen MR) is 155 cm³/mol. The van der Waals surface area contributed by atoms with Gasteiger partial charge in [0.2, 0.25) is 0 Å². The zero-order valence-electron chi connectivity index (χ0n) is 24.2. The molecule has 0 saturated heterocycles. The molecule has 0 N–H and O–H groups in total. The Kier molecular flexibility index (Phi) is 9.75. The summed E-state index contributed by atoms with van der Waals surface area (Å²) in [7, 11) is 0. The molecule has 1 aliphatic carbocycles. The second kappa shape index (κ2) is 13.5. The number of ether oxygens (including phenoxy) is 1. The molecule has 1 aliphatic rings. The van der Waals surface area contributed by atoms with Gasteiger partial charge in [-0.2, -0.15) is 5.16 Å². The average molecular weight is 587 g/mol. The van der Waals surface area contributed by atoms with E-state index >= 15 is 0 Å². The molecule has 0 aliphatic heterocycles. The van der Waals surface area contributed by atoms with Crippen molar-refractivity contribution in [2.24, 2.45) is 5.92 Å². The van der Waals surface area contributed by atoms with Gasteiger partial charge in [-0.1, -0.05) is 67.6 Å². The van der Waals surface area contributed by atoms with Crippen molar-refractivity contribution < 1.29 is 65.8 Å². The van der Waals surface area contributed by atoms with Gasteiger partial charge >= 0.3 is 51.4 Å². The van der Waals surface area contributed by atoms with E-state index in [0.29, 0.717) is 30.0 Å². The fraction of sp³-hybridized carbons (Fsp3) is 0.273. The zero-order valence-corrected chi connectivity index (χ0v) is 27.3. The monoisotopic (exact) mass is 586 g/mol. The topological polar surface area (TPSA) is 106 Å². The summed E-state index contributed by atoms with van der Waals surface area (Å²) >= 11 is 0. The fourth-order valence-electron chi connectivity index (χ4n) is 5.06. The Hall–Kier alpha value is -3.08. The summed E-state index contributed by atoms with van der Waals surface area (Å²) in [6.45, 7) is 5.15. The second-order valence-corrected chi connectivity index (χ2v) is 10.5. The molecule has 0 spiro atoms. The van der Waals surface area contributed by atoms with E-state index in [-0.39, 0.29) is 62.8 Å². The largest absolute Gasteiger partial charge is 1.00 e. The number of aryl methyl sites for hydroxylation is 2. The third kappa shape index (κ3) is 6.76. The Labute approximate surface area is 287 Å². The summed E-state index contributed by atoms with van der Waals surface area (Å²) in [5.41, 5.74) is 5.65. The first kappa shape index (κ1) is 30.4. The summed E-state index contributed by atoms with van der Waals surface area (Å²) in [6, 6.07) is 23.4. The van der Waals surface area contributed by atoms with Gasteiger partial charge in [0.15, 0.2) is 11.9 Å². The minimum absolute atomic E-state index is 0. The number of nitrogens with zero attached hydrogens (tertiary/aromatic N) is 4. The molecule has 2 aromatic heterocycles. The van der Waals surface area contributed by atoms with E-state index in [1.54, 1.807) is 4.57 Å². The first-order valence-electron chi connectivity index (χ1n) is 14.0. The molecule has 0 radical (unpaired) electrons. The van der Waals surface area contributed by atoms with Gasteiger partial charge < -0.3 is 14.4 Å². The minimum Gasteiger partial charge on any atom is -0.528 e. The standard InChI is InChI=1S/C33H32N4O4.K/c1-3-6-29-34-21(2)30(25-15-17-26(18-16-25)40-20-23-9-10-23)32(38)37(29)19-22-11-13-24(14-12-22)27-7-4-5-8-28(27)31-35-33(39)41-36-31;/h4-5,7-8,11-18,23H,3,6,9-10,19-20H2,1-2H3,(H,35,36,39);/q;+1/p-1. The van der Waals surface area contributed by atoms with E-state index in [2.05, 4.69) is 21.6 Å². The molecule has 1 fully saturated rings. The first-order valence-corrected chi connectivity index (χ1v) is 14.0. The van der Waals surface area contributed by atoms with Crippen LogP contribution in [0.15, 0.2) is 82.1 Å². The molecule has 0 amide bonds. The summed E-state index contributed by atoms with van der Waals surface area (Å²) in [5, 5.41) is 15.2. The maximum absolute atomic E-state index is 13.9. The Bertz CT molecular complexity index is 1730. The molecule has 9 heteroatoms. The van der Waals surface area contributed by atoms with Gasteiger partial charge in [0.1, 0.15) is 11.6 Å². The molecule has 0 bridgehead atoms. The third-order valence-electron chi connectivity index (χ3n) is 7.41. The molecule has 42 heavy (non-hydrogen) atoms. The first-order chi connectivity index (χ1) is 20.0. The molecule has 0 atom stereocenters. The summed E-state index contributed by atoms with van der Waals surface area (Å²) in [5.74, 6) is 2.54. The third-order valence-corrected chi connectivity index (χ3v) is 7.41. The van der Waals surface area contributed by atoms with E-state index in [0.717, 1.165) is 52.5 Å². The van der Waals surface area contributed by atoms with E-state index in [4.69, 9.17) is 9.72 Å². The second-order valence-electron chi connectivity index (χ2n) is 10.5. The van der Waals surface area contributed by atoms with Crippen molar-refractivity contribution in [3.05, 3.63) is 100 Å². The predicted octanol–water partition coefficient (Wildman–Crippen LogP) is 2.80. The van der Waals surface area contributed by atoms with Gasteiger partial charge in [0.05, 0.1) is 24.4 Å². The summed E-state index contributed by atoms with van der Waals surface area (Å²) in [6.07, 6.45) is 3.36. The van der Waals surface area contributed by atoms with Crippen LogP contribution in [0.1, 0.15) is 43.3 Å². The number of hydrogen-bond donors (Lipinski definition) is 0. The average Bonchev–Trinajstić information content (AvgIpc) is 3.72. The Morgan fingerprint density at radius 2 is 1.64 bits per heavy atom. The van der Waals surface area contributed by atoms with E-state index < -0.39 is 6.08 Å². The van der Waals surface area contributed by atoms with Crippen molar-refractivity contribution in [3.8, 4) is 45.5 Å². The van der Waals surface area contributed by atoms with Crippen LogP contribution in [0.5, 0.6) is 11.8 Å². The molecule has 6 rings (SSSR count). The van der Waals surface area contributed by atoms with Gasteiger partial charge in [0.25, 0.3) is 5.56 Å². The molecular formula is C33H31KN4O4. The molecular weight excluding hydrogens is 555 g/mol. The van der Waals surface area contributed by atoms with E-state index in [1.165, 1.54) is 12.8 Å². The van der Waals surface area contributed by atoms with Gasteiger partial charge in [-0.3, -0.25) is 9.36 Å². The van der Waals surface area contributed by atoms with Crippen LogP contribution < -0.4 is 66.8 Å². The van der Waals surface area contributed by atoms with Gasteiger partial charge in [0, 0.05) is 12.0 Å². The number of rotatable bonds is 10. The normalized spacial score (nSPS) is 12.6. The zero-order chi connectivity index (χ0) is 28.3. The van der Waals surface area contributed by atoms with Gasteiger partial charge in [-0.05, 0) is 66.5 Å². The minimum atomic E-state index is -0.720. The maximum atomic E-state index is 13.9.